The van der Waals surface area contributed by atoms with Crippen molar-refractivity contribution in [2.45, 2.75) is 0 Å². The lowest BCUT2D eigenvalue weighted by molar-refractivity contribution is 1.47. The second kappa shape index (κ2) is 9.76. The minimum atomic E-state index is -2.32. The molecule has 152 valence electrons. The summed E-state index contributed by atoms with van der Waals surface area (Å²) in [4.78, 5) is 0. The highest BCUT2D eigenvalue weighted by atomic mass is 31.2. The Morgan fingerprint density at radius 2 is 1.00 bits per heavy atom. The van der Waals surface area contributed by atoms with Crippen LogP contribution in [0.25, 0.3) is 6.08 Å². The summed E-state index contributed by atoms with van der Waals surface area (Å²) in [6, 6.07) is 42.8. The summed E-state index contributed by atoms with van der Waals surface area (Å²) in [6.45, 7) is 0. The van der Waals surface area contributed by atoms with Crippen molar-refractivity contribution in [3.8, 4) is 12.1 Å². The summed E-state index contributed by atoms with van der Waals surface area (Å²) in [5, 5.41) is 21.6. The van der Waals surface area contributed by atoms with Crippen LogP contribution < -0.4 is 15.9 Å². The van der Waals surface area contributed by atoms with Crippen LogP contribution in [0.3, 0.4) is 0 Å². The lowest BCUT2D eigenvalue weighted by Crippen LogP contribution is -2.25. The molecule has 4 aromatic rings. The molecule has 4 heteroatoms. The normalized spacial score (nSPS) is 10.4. The van der Waals surface area contributed by atoms with Crippen molar-refractivity contribution >= 4 is 34.7 Å². The van der Waals surface area contributed by atoms with Crippen LogP contribution >= 0.6 is 7.05 Å². The van der Waals surface area contributed by atoms with Gasteiger partial charge in [0, 0.05) is 15.9 Å². The number of benzene rings is 4. The predicted molar refractivity (Wildman–Crippen MR) is 133 cm³/mol. The lowest BCUT2D eigenvalue weighted by atomic mass is 10.1. The molecule has 0 saturated heterocycles. The van der Waals surface area contributed by atoms with E-state index < -0.39 is 7.05 Å². The van der Waals surface area contributed by atoms with Gasteiger partial charge in [-0.25, -0.2) is 0 Å². The Labute approximate surface area is 188 Å². The zero-order chi connectivity index (χ0) is 22.2. The first kappa shape index (κ1) is 21.1. The molecule has 32 heavy (non-hydrogen) atoms. The topological polar surface area (TPSA) is 59.9 Å². The lowest BCUT2D eigenvalue weighted by Gasteiger charge is -2.27. The summed E-state index contributed by atoms with van der Waals surface area (Å²) in [7, 11) is -2.32. The molecular weight excluding hydrogens is 409 g/mol. The molecule has 0 aliphatic carbocycles. The SMILES string of the molecule is N#CC(C#N)=Cc1ccc(N=P(c2ccccc2)(c2ccccc2)c2ccccc2)cc1. The zero-order valence-corrected chi connectivity index (χ0v) is 18.2. The minimum Gasteiger partial charge on any atom is -0.254 e. The summed E-state index contributed by atoms with van der Waals surface area (Å²) >= 11 is 0. The molecule has 0 fully saturated rings. The number of nitrogens with zero attached hydrogens (tertiary/aromatic N) is 3. The fourth-order valence-corrected chi connectivity index (χ4v) is 7.15. The van der Waals surface area contributed by atoms with Crippen molar-refractivity contribution < 1.29 is 0 Å². The van der Waals surface area contributed by atoms with E-state index in [-0.39, 0.29) is 5.57 Å². The molecule has 0 aromatic heterocycles. The maximum absolute atomic E-state index is 9.02. The Kier molecular flexibility index (Phi) is 6.43. The standard InChI is InChI=1S/C28H20N3P/c29-21-24(22-30)20-23-16-18-25(19-17-23)31-32(26-10-4-1-5-11-26,27-12-6-2-7-13-27)28-14-8-3-9-15-28/h1-20H. The van der Waals surface area contributed by atoms with E-state index in [2.05, 4.69) is 72.8 Å². The molecule has 0 bridgehead atoms. The third kappa shape index (κ3) is 4.30. The Bertz CT molecular complexity index is 1240. The van der Waals surface area contributed by atoms with Crippen molar-refractivity contribution in [2.75, 3.05) is 0 Å². The highest BCUT2D eigenvalue weighted by molar-refractivity contribution is 7.87. The van der Waals surface area contributed by atoms with E-state index in [1.165, 1.54) is 15.9 Å². The van der Waals surface area contributed by atoms with E-state index in [1.54, 1.807) is 6.08 Å². The zero-order valence-electron chi connectivity index (χ0n) is 17.3. The van der Waals surface area contributed by atoms with Crippen molar-refractivity contribution in [1.29, 1.82) is 10.5 Å². The first-order valence-electron chi connectivity index (χ1n) is 10.2. The van der Waals surface area contributed by atoms with Gasteiger partial charge in [-0.05, 0) is 23.8 Å². The van der Waals surface area contributed by atoms with Gasteiger partial charge in [0.1, 0.15) is 17.7 Å². The fraction of sp³-hybridized carbons (Fsp3) is 0. The summed E-state index contributed by atoms with van der Waals surface area (Å²) in [5.74, 6) is 0. The molecule has 0 aliphatic rings. The Morgan fingerprint density at radius 1 is 0.594 bits per heavy atom. The summed E-state index contributed by atoms with van der Waals surface area (Å²) < 4.78 is 5.42. The number of nitriles is 2. The van der Waals surface area contributed by atoms with Gasteiger partial charge in [0.05, 0.1) is 12.7 Å². The third-order valence-electron chi connectivity index (χ3n) is 5.10. The van der Waals surface area contributed by atoms with Gasteiger partial charge in [0.25, 0.3) is 0 Å². The van der Waals surface area contributed by atoms with Crippen LogP contribution in [0.1, 0.15) is 5.56 Å². The molecule has 3 nitrogen and oxygen atoms in total. The second-order valence-electron chi connectivity index (χ2n) is 7.12. The first-order valence-corrected chi connectivity index (χ1v) is 11.9. The summed E-state index contributed by atoms with van der Waals surface area (Å²) in [5.41, 5.74) is 1.72. The molecule has 0 heterocycles. The van der Waals surface area contributed by atoms with Gasteiger partial charge in [-0.15, -0.1) is 0 Å². The van der Waals surface area contributed by atoms with Crippen LogP contribution in [0.5, 0.6) is 0 Å². The van der Waals surface area contributed by atoms with Crippen LogP contribution in [-0.2, 0) is 0 Å². The van der Waals surface area contributed by atoms with Crippen LogP contribution in [-0.4, -0.2) is 0 Å². The van der Waals surface area contributed by atoms with Gasteiger partial charge in [0.15, 0.2) is 0 Å². The van der Waals surface area contributed by atoms with Gasteiger partial charge in [-0.2, -0.15) is 10.5 Å². The molecule has 0 saturated carbocycles. The van der Waals surface area contributed by atoms with E-state index in [1.807, 2.05) is 54.6 Å². The minimum absolute atomic E-state index is 0.0781. The highest BCUT2D eigenvalue weighted by Crippen LogP contribution is 2.49. The van der Waals surface area contributed by atoms with Gasteiger partial charge < -0.3 is 0 Å². The van der Waals surface area contributed by atoms with Crippen LogP contribution in [0.2, 0.25) is 0 Å². The molecule has 0 radical (unpaired) electrons. The average molecular weight is 429 g/mol. The molecule has 0 amide bonds. The number of allylic oxidation sites excluding steroid dienone is 1. The summed E-state index contributed by atoms with van der Waals surface area (Å²) in [6.07, 6.45) is 1.58. The van der Waals surface area contributed by atoms with Gasteiger partial charge in [-0.1, -0.05) is 103 Å². The average Bonchev–Trinajstić information content (AvgIpc) is 2.88. The Morgan fingerprint density at radius 3 is 1.38 bits per heavy atom. The van der Waals surface area contributed by atoms with E-state index in [0.29, 0.717) is 0 Å². The molecule has 0 spiro atoms. The molecule has 0 atom stereocenters. The molecule has 0 unspecified atom stereocenters. The highest BCUT2D eigenvalue weighted by Gasteiger charge is 2.27. The first-order chi connectivity index (χ1) is 15.8. The van der Waals surface area contributed by atoms with Crippen LogP contribution in [0, 0.1) is 22.7 Å². The van der Waals surface area contributed by atoms with E-state index in [9.17, 15) is 0 Å². The molecule has 4 rings (SSSR count). The second-order valence-corrected chi connectivity index (χ2v) is 10.1. The molecule has 0 aliphatic heterocycles. The van der Waals surface area contributed by atoms with E-state index >= 15 is 0 Å². The number of hydrogen-bond donors (Lipinski definition) is 0. The van der Waals surface area contributed by atoms with Gasteiger partial charge in [0.2, 0.25) is 0 Å². The maximum atomic E-state index is 9.02. The van der Waals surface area contributed by atoms with Gasteiger partial charge in [-0.3, -0.25) is 4.74 Å². The van der Waals surface area contributed by atoms with Gasteiger partial charge >= 0.3 is 0 Å². The Hall–Kier alpha value is -4.17. The van der Waals surface area contributed by atoms with E-state index in [0.717, 1.165) is 11.3 Å². The molecule has 4 aromatic carbocycles. The van der Waals surface area contributed by atoms with Crippen LogP contribution in [0.4, 0.5) is 5.69 Å². The smallest absolute Gasteiger partial charge is 0.130 e. The van der Waals surface area contributed by atoms with Crippen molar-refractivity contribution in [3.63, 3.8) is 0 Å². The molecule has 0 N–H and O–H groups in total. The monoisotopic (exact) mass is 429 g/mol. The van der Waals surface area contributed by atoms with E-state index in [4.69, 9.17) is 15.3 Å². The largest absolute Gasteiger partial charge is 0.254 e. The molecular formula is C28H20N3P. The maximum Gasteiger partial charge on any atom is 0.130 e. The fourth-order valence-electron chi connectivity index (χ4n) is 3.62. The van der Waals surface area contributed by atoms with Crippen molar-refractivity contribution in [3.05, 3.63) is 126 Å². The van der Waals surface area contributed by atoms with Crippen LogP contribution in [0.15, 0.2) is 126 Å². The quantitative estimate of drug-likeness (QED) is 0.292. The van der Waals surface area contributed by atoms with Crippen molar-refractivity contribution in [2.24, 2.45) is 4.74 Å². The predicted octanol–water partition coefficient (Wildman–Crippen LogP) is 5.93. The number of hydrogen-bond acceptors (Lipinski definition) is 3. The Balaban J connectivity index is 1.98. The third-order valence-corrected chi connectivity index (χ3v) is 8.77. The number of rotatable bonds is 5. The van der Waals surface area contributed by atoms with Crippen molar-refractivity contribution in [1.82, 2.24) is 0 Å².